The Bertz CT molecular complexity index is 2350. The Hall–Kier alpha value is -5.77. The average Bonchev–Trinajstić information content (AvgIpc) is 3.69. The van der Waals surface area contributed by atoms with Crippen molar-refractivity contribution >= 4 is 46.4 Å². The van der Waals surface area contributed by atoms with Gasteiger partial charge in [-0.15, -0.1) is 11.3 Å². The van der Waals surface area contributed by atoms with Crippen LogP contribution in [-0.2, 0) is 35.7 Å². The van der Waals surface area contributed by atoms with E-state index in [-0.39, 0.29) is 18.4 Å². The van der Waals surface area contributed by atoms with E-state index < -0.39 is 6.04 Å². The normalized spacial score (nSPS) is 17.7. The van der Waals surface area contributed by atoms with Crippen LogP contribution in [0.1, 0.15) is 82.1 Å². The predicted octanol–water partition coefficient (Wildman–Crippen LogP) is 6.13. The summed E-state index contributed by atoms with van der Waals surface area (Å²) in [5.41, 5.74) is 8.00. The molecule has 13 nitrogen and oxygen atoms in total. The molecule has 0 aliphatic carbocycles. The summed E-state index contributed by atoms with van der Waals surface area (Å²) in [6, 6.07) is 26.4. The number of carbonyl (C=O) groups excluding carboxylic acids is 3. The molecule has 0 radical (unpaired) electrons. The molecule has 1 unspecified atom stereocenters. The molecular formula is C50H60N8O5S. The van der Waals surface area contributed by atoms with Gasteiger partial charge in [0.2, 0.25) is 11.8 Å². The topological polar surface area (TPSA) is 163 Å². The highest BCUT2D eigenvalue weighted by Gasteiger charge is 2.31. The maximum atomic E-state index is 12.4. The number of likely N-dealkylation sites (N-methyl/N-ethyl adjacent to an activating group) is 1. The van der Waals surface area contributed by atoms with Crippen LogP contribution in [-0.4, -0.2) is 108 Å². The number of hydrogen-bond donors (Lipinski definition) is 5. The van der Waals surface area contributed by atoms with Crippen LogP contribution >= 0.6 is 11.3 Å². The van der Waals surface area contributed by atoms with Crippen molar-refractivity contribution in [3.63, 3.8) is 0 Å². The Morgan fingerprint density at radius 3 is 2.53 bits per heavy atom. The highest BCUT2D eigenvalue weighted by Crippen LogP contribution is 2.28. The summed E-state index contributed by atoms with van der Waals surface area (Å²) in [7, 11) is 1.84. The van der Waals surface area contributed by atoms with Gasteiger partial charge in [-0.05, 0) is 86.7 Å². The van der Waals surface area contributed by atoms with E-state index in [0.717, 1.165) is 116 Å². The van der Waals surface area contributed by atoms with Gasteiger partial charge in [-0.3, -0.25) is 29.5 Å². The minimum absolute atomic E-state index is 0.162. The number of aryl methyl sites for hydroxylation is 1. The van der Waals surface area contributed by atoms with Crippen molar-refractivity contribution in [3.05, 3.63) is 140 Å². The van der Waals surface area contributed by atoms with Crippen molar-refractivity contribution in [2.24, 2.45) is 4.99 Å². The Kier molecular flexibility index (Phi) is 16.4. The van der Waals surface area contributed by atoms with Crippen LogP contribution in [0, 0.1) is 5.41 Å². The molecular weight excluding hydrogens is 825 g/mol. The zero-order chi connectivity index (χ0) is 44.8. The molecule has 3 aliphatic heterocycles. The molecule has 336 valence electrons. The lowest BCUT2D eigenvalue weighted by atomic mass is 9.99. The van der Waals surface area contributed by atoms with Gasteiger partial charge in [-0.2, -0.15) is 0 Å². The van der Waals surface area contributed by atoms with E-state index in [1.165, 1.54) is 22.5 Å². The number of aliphatic imine (C=N–C) groups is 1. The van der Waals surface area contributed by atoms with Gasteiger partial charge < -0.3 is 30.8 Å². The molecule has 3 aromatic carbocycles. The van der Waals surface area contributed by atoms with Gasteiger partial charge in [0, 0.05) is 91.0 Å². The van der Waals surface area contributed by atoms with Gasteiger partial charge in [0.1, 0.15) is 24.0 Å². The number of amides is 2. The molecule has 0 saturated carbocycles. The number of thiophene rings is 1. The molecule has 5 N–H and O–H groups in total. The third-order valence-electron chi connectivity index (χ3n) is 12.0. The Morgan fingerprint density at radius 1 is 1.00 bits per heavy atom. The third kappa shape index (κ3) is 12.3. The van der Waals surface area contributed by atoms with Crippen molar-refractivity contribution in [1.82, 2.24) is 30.7 Å². The van der Waals surface area contributed by atoms with Gasteiger partial charge in [0.25, 0.3) is 0 Å². The first-order valence-electron chi connectivity index (χ1n) is 22.3. The largest absolute Gasteiger partial charge is 0.488 e. The monoisotopic (exact) mass is 884 g/mol. The Morgan fingerprint density at radius 2 is 1.80 bits per heavy atom. The lowest BCUT2D eigenvalue weighted by Crippen LogP contribution is -2.51. The number of ether oxygens (including phenoxy) is 1. The molecule has 7 rings (SSSR count). The number of aliphatic hydroxyl groups excluding tert-OH is 1. The molecule has 1 aromatic heterocycles. The van der Waals surface area contributed by atoms with Crippen LogP contribution < -0.4 is 20.7 Å². The van der Waals surface area contributed by atoms with Crippen LogP contribution in [0.15, 0.2) is 107 Å². The van der Waals surface area contributed by atoms with Gasteiger partial charge >= 0.3 is 0 Å². The zero-order valence-electron chi connectivity index (χ0n) is 36.9. The maximum absolute atomic E-state index is 12.4. The molecule has 64 heavy (non-hydrogen) atoms. The fraction of sp³-hybridized carbons (Fsp3) is 0.380. The number of hydrogen-bond acceptors (Lipinski definition) is 13. The lowest BCUT2D eigenvalue weighted by molar-refractivity contribution is -0.137. The summed E-state index contributed by atoms with van der Waals surface area (Å²) < 4.78 is 6.14. The SMILES string of the molecule is CC(=N)/C(=C1/N=C(c2cccc(CCCCCNCc3ccc(OCc4scc(C=O)c4CN(C)C4CCC(=O)NC4=O)cc3)c2)C=C(N2CCN(CCO)CC2)N1)c1ccccc1. The number of piperazine rings is 1. The highest BCUT2D eigenvalue weighted by atomic mass is 32.1. The summed E-state index contributed by atoms with van der Waals surface area (Å²) in [6.45, 7) is 8.47. The minimum atomic E-state index is -0.424. The second kappa shape index (κ2) is 22.7. The smallest absolute Gasteiger partial charge is 0.243 e. The Balaban J connectivity index is 0.882. The van der Waals surface area contributed by atoms with Gasteiger partial charge in [-0.1, -0.05) is 67.1 Å². The van der Waals surface area contributed by atoms with Crippen LogP contribution in [0.3, 0.4) is 0 Å². The van der Waals surface area contributed by atoms with Crippen molar-refractivity contribution in [2.75, 3.05) is 52.9 Å². The van der Waals surface area contributed by atoms with Crippen molar-refractivity contribution in [1.29, 1.82) is 5.41 Å². The molecule has 14 heteroatoms. The number of aldehydes is 1. The number of benzene rings is 3. The second-order valence-electron chi connectivity index (χ2n) is 16.6. The van der Waals surface area contributed by atoms with Crippen LogP contribution in [0.25, 0.3) is 5.57 Å². The van der Waals surface area contributed by atoms with Crippen LogP contribution in [0.4, 0.5) is 0 Å². The van der Waals surface area contributed by atoms with E-state index in [0.29, 0.717) is 49.6 Å². The Labute approximate surface area is 380 Å². The molecule has 2 fully saturated rings. The predicted molar refractivity (Wildman–Crippen MR) is 253 cm³/mol. The zero-order valence-corrected chi connectivity index (χ0v) is 37.7. The van der Waals surface area contributed by atoms with Gasteiger partial charge in [0.15, 0.2) is 6.29 Å². The van der Waals surface area contributed by atoms with Gasteiger partial charge in [-0.25, -0.2) is 4.99 Å². The number of nitrogens with zero attached hydrogens (tertiary/aromatic N) is 4. The summed E-state index contributed by atoms with van der Waals surface area (Å²) in [5, 5.41) is 29.6. The van der Waals surface area contributed by atoms with E-state index in [9.17, 15) is 19.5 Å². The second-order valence-corrected chi connectivity index (χ2v) is 17.6. The van der Waals surface area contributed by atoms with E-state index >= 15 is 0 Å². The van der Waals surface area contributed by atoms with Crippen LogP contribution in [0.5, 0.6) is 5.75 Å². The fourth-order valence-electron chi connectivity index (χ4n) is 8.42. The number of β-amino-alcohol motifs (C(OH)–C–C–N with tert-alkyl or cyclic N) is 1. The molecule has 0 spiro atoms. The van der Waals surface area contributed by atoms with E-state index in [2.05, 4.69) is 68.2 Å². The first-order valence-corrected chi connectivity index (χ1v) is 23.2. The maximum Gasteiger partial charge on any atom is 0.243 e. The highest BCUT2D eigenvalue weighted by molar-refractivity contribution is 7.10. The van der Waals surface area contributed by atoms with Crippen molar-refractivity contribution in [2.45, 2.75) is 71.2 Å². The first kappa shape index (κ1) is 46.2. The third-order valence-corrected chi connectivity index (χ3v) is 13.0. The van der Waals surface area contributed by atoms with Crippen molar-refractivity contribution < 1.29 is 24.2 Å². The molecule has 4 heterocycles. The molecule has 4 aromatic rings. The molecule has 0 bridgehead atoms. The lowest BCUT2D eigenvalue weighted by Gasteiger charge is -2.38. The fourth-order valence-corrected chi connectivity index (χ4v) is 9.34. The summed E-state index contributed by atoms with van der Waals surface area (Å²) >= 11 is 1.47. The summed E-state index contributed by atoms with van der Waals surface area (Å²) in [4.78, 5) is 48.5. The number of allylic oxidation sites excluding steroid dienone is 2. The number of rotatable bonds is 21. The molecule has 2 amide bonds. The number of imide groups is 1. The molecule has 2 saturated heterocycles. The summed E-state index contributed by atoms with van der Waals surface area (Å²) in [6.07, 6.45) is 7.96. The minimum Gasteiger partial charge on any atom is -0.488 e. The quantitative estimate of drug-likeness (QED) is 0.0285. The number of aliphatic hydroxyl groups is 1. The standard InChI is InChI=1S/C50H60N8O5S/c1-35(51)48(38-12-6-3-7-13-38)49-53-43(29-46(54-49)58-24-22-57(23-25-58)26-27-59)39-14-9-11-36(28-39)10-5-4-8-21-52-30-37-15-17-41(18-16-37)63-33-45-42(40(32-60)34-64-45)31-56(2)44-19-20-47(61)55-50(44)62/h3,6-7,9,11-18,28-29,32,34,44,51-52,54,59H,4-5,8,10,19-27,30-31,33H2,1-2H3,(H,55,61,62)/b49-48+,51-35?. The van der Waals surface area contributed by atoms with Gasteiger partial charge in [0.05, 0.1) is 18.4 Å². The van der Waals surface area contributed by atoms with E-state index in [4.69, 9.17) is 15.1 Å². The van der Waals surface area contributed by atoms with Crippen LogP contribution in [0.2, 0.25) is 0 Å². The average molecular weight is 885 g/mol. The summed E-state index contributed by atoms with van der Waals surface area (Å²) in [5.74, 6) is 1.85. The van der Waals surface area contributed by atoms with E-state index in [1.807, 2.05) is 66.7 Å². The van der Waals surface area contributed by atoms with Crippen molar-refractivity contribution in [3.8, 4) is 5.75 Å². The number of nitrogens with one attached hydrogen (secondary N) is 4. The number of unbranched alkanes of at least 4 members (excludes halogenated alkanes) is 2. The molecule has 3 aliphatic rings. The first-order chi connectivity index (χ1) is 31.2. The molecule has 1 atom stereocenters. The van der Waals surface area contributed by atoms with E-state index in [1.54, 1.807) is 0 Å². The number of carbonyl (C=O) groups is 3. The number of piperidine rings is 1.